The lowest BCUT2D eigenvalue weighted by Gasteiger charge is -2.17. The Kier molecular flexibility index (Phi) is 4.03. The molecule has 1 atom stereocenters. The molecular weight excluding hydrogens is 246 g/mol. The normalized spacial score (nSPS) is 18.3. The van der Waals surface area contributed by atoms with Crippen LogP contribution in [0.15, 0.2) is 48.5 Å². The van der Waals surface area contributed by atoms with Gasteiger partial charge in [-0.2, -0.15) is 0 Å². The predicted octanol–water partition coefficient (Wildman–Crippen LogP) is 3.43. The van der Waals surface area contributed by atoms with E-state index in [0.717, 1.165) is 19.4 Å². The Morgan fingerprint density at radius 1 is 1.05 bits per heavy atom. The van der Waals surface area contributed by atoms with Gasteiger partial charge in [0.1, 0.15) is 5.75 Å². The maximum atomic E-state index is 9.65. The van der Waals surface area contributed by atoms with Gasteiger partial charge in [0, 0.05) is 12.6 Å². The number of aryl methyl sites for hydroxylation is 1. The highest BCUT2D eigenvalue weighted by molar-refractivity contribution is 5.36. The van der Waals surface area contributed by atoms with Crippen LogP contribution < -0.4 is 5.32 Å². The van der Waals surface area contributed by atoms with Gasteiger partial charge in [0.2, 0.25) is 0 Å². The lowest BCUT2D eigenvalue weighted by Crippen LogP contribution is -2.30. The van der Waals surface area contributed by atoms with Gasteiger partial charge < -0.3 is 10.4 Å². The lowest BCUT2D eigenvalue weighted by atomic mass is 10.0. The van der Waals surface area contributed by atoms with Gasteiger partial charge in [0.05, 0.1) is 0 Å². The minimum atomic E-state index is 0.382. The predicted molar refractivity (Wildman–Crippen MR) is 81.8 cm³/mol. The number of rotatable bonds is 3. The summed E-state index contributed by atoms with van der Waals surface area (Å²) in [6.45, 7) is 0.916. The fourth-order valence-electron chi connectivity index (χ4n) is 2.98. The fraction of sp³-hybridized carbons (Fsp3) is 0.333. The molecule has 104 valence electrons. The fourth-order valence-corrected chi connectivity index (χ4v) is 2.98. The second kappa shape index (κ2) is 6.10. The van der Waals surface area contributed by atoms with Crippen LogP contribution in [-0.4, -0.2) is 11.1 Å². The van der Waals surface area contributed by atoms with E-state index < -0.39 is 0 Å². The van der Waals surface area contributed by atoms with Crippen LogP contribution in [0.25, 0.3) is 0 Å². The van der Waals surface area contributed by atoms with Crippen LogP contribution in [0.5, 0.6) is 5.75 Å². The largest absolute Gasteiger partial charge is 0.508 e. The number of aromatic hydroxyl groups is 1. The van der Waals surface area contributed by atoms with Gasteiger partial charge in [0.15, 0.2) is 0 Å². The number of hydrogen-bond acceptors (Lipinski definition) is 2. The van der Waals surface area contributed by atoms with Crippen molar-refractivity contribution < 1.29 is 5.11 Å². The van der Waals surface area contributed by atoms with E-state index in [4.69, 9.17) is 0 Å². The van der Waals surface area contributed by atoms with Gasteiger partial charge in [-0.3, -0.25) is 0 Å². The summed E-state index contributed by atoms with van der Waals surface area (Å²) in [6.07, 6.45) is 4.54. The first-order chi connectivity index (χ1) is 9.81. The standard InChI is InChI=1S/C18H21NO/c20-18-10-9-15-7-4-8-17(11-16(15)12-18)19-13-14-5-2-1-3-6-14/h1-3,5-6,9-10,12,17,19-20H,4,7-8,11,13H2/t17-/m1/s1. The molecule has 1 aliphatic rings. The molecule has 0 aliphatic heterocycles. The molecule has 2 N–H and O–H groups in total. The zero-order valence-electron chi connectivity index (χ0n) is 11.7. The van der Waals surface area contributed by atoms with Crippen LogP contribution in [0.3, 0.4) is 0 Å². The van der Waals surface area contributed by atoms with Crippen molar-refractivity contribution in [3.05, 3.63) is 65.2 Å². The first kappa shape index (κ1) is 13.2. The van der Waals surface area contributed by atoms with E-state index in [9.17, 15) is 5.11 Å². The Morgan fingerprint density at radius 3 is 2.75 bits per heavy atom. The average Bonchev–Trinajstić information content (AvgIpc) is 2.67. The summed E-state index contributed by atoms with van der Waals surface area (Å²) in [4.78, 5) is 0. The van der Waals surface area contributed by atoms with Crippen molar-refractivity contribution in [2.75, 3.05) is 0 Å². The third-order valence-corrected chi connectivity index (χ3v) is 4.09. The van der Waals surface area contributed by atoms with Crippen LogP contribution >= 0.6 is 0 Å². The van der Waals surface area contributed by atoms with Crippen molar-refractivity contribution in [2.24, 2.45) is 0 Å². The van der Waals surface area contributed by atoms with E-state index in [0.29, 0.717) is 11.8 Å². The Labute approximate surface area is 120 Å². The molecule has 2 aromatic rings. The highest BCUT2D eigenvalue weighted by Crippen LogP contribution is 2.24. The van der Waals surface area contributed by atoms with Gasteiger partial charge in [-0.15, -0.1) is 0 Å². The molecule has 2 nitrogen and oxygen atoms in total. The summed E-state index contributed by atoms with van der Waals surface area (Å²) in [5.74, 6) is 0.382. The number of benzene rings is 2. The first-order valence-electron chi connectivity index (χ1n) is 7.39. The number of phenolic OH excluding ortho intramolecular Hbond substituents is 1. The van der Waals surface area contributed by atoms with E-state index >= 15 is 0 Å². The second-order valence-corrected chi connectivity index (χ2v) is 5.61. The monoisotopic (exact) mass is 267 g/mol. The maximum absolute atomic E-state index is 9.65. The quantitative estimate of drug-likeness (QED) is 0.835. The molecule has 2 aromatic carbocycles. The number of phenols is 1. The summed E-state index contributed by atoms with van der Waals surface area (Å²) in [5.41, 5.74) is 4.02. The topological polar surface area (TPSA) is 32.3 Å². The number of hydrogen-bond donors (Lipinski definition) is 2. The smallest absolute Gasteiger partial charge is 0.115 e. The van der Waals surface area contributed by atoms with Crippen LogP contribution in [0.1, 0.15) is 29.5 Å². The summed E-state index contributed by atoms with van der Waals surface area (Å²) < 4.78 is 0. The molecule has 3 rings (SSSR count). The van der Waals surface area contributed by atoms with Gasteiger partial charge >= 0.3 is 0 Å². The third-order valence-electron chi connectivity index (χ3n) is 4.09. The second-order valence-electron chi connectivity index (χ2n) is 5.61. The van der Waals surface area contributed by atoms with E-state index in [1.165, 1.54) is 29.5 Å². The highest BCUT2D eigenvalue weighted by Gasteiger charge is 2.16. The molecule has 0 saturated carbocycles. The van der Waals surface area contributed by atoms with Crippen molar-refractivity contribution in [1.82, 2.24) is 5.32 Å². The van der Waals surface area contributed by atoms with Crippen molar-refractivity contribution in [1.29, 1.82) is 0 Å². The van der Waals surface area contributed by atoms with Crippen molar-refractivity contribution in [2.45, 2.75) is 38.3 Å². The van der Waals surface area contributed by atoms with E-state index in [1.54, 1.807) is 6.07 Å². The summed E-state index contributed by atoms with van der Waals surface area (Å²) in [7, 11) is 0. The third kappa shape index (κ3) is 3.20. The average molecular weight is 267 g/mol. The Balaban J connectivity index is 1.66. The van der Waals surface area contributed by atoms with Crippen LogP contribution in [0.2, 0.25) is 0 Å². The van der Waals surface area contributed by atoms with E-state index in [1.807, 2.05) is 12.1 Å². The zero-order chi connectivity index (χ0) is 13.8. The molecule has 0 spiro atoms. The molecule has 0 radical (unpaired) electrons. The number of fused-ring (bicyclic) bond motifs is 1. The molecule has 0 unspecified atom stereocenters. The van der Waals surface area contributed by atoms with Crippen LogP contribution in [-0.2, 0) is 19.4 Å². The van der Waals surface area contributed by atoms with Crippen LogP contribution in [0, 0.1) is 0 Å². The van der Waals surface area contributed by atoms with E-state index in [-0.39, 0.29) is 0 Å². The van der Waals surface area contributed by atoms with Crippen molar-refractivity contribution >= 4 is 0 Å². The molecule has 0 saturated heterocycles. The molecule has 20 heavy (non-hydrogen) atoms. The molecule has 0 aromatic heterocycles. The summed E-state index contributed by atoms with van der Waals surface area (Å²) in [6, 6.07) is 16.8. The summed E-state index contributed by atoms with van der Waals surface area (Å²) >= 11 is 0. The van der Waals surface area contributed by atoms with Gasteiger partial charge in [-0.1, -0.05) is 36.4 Å². The molecule has 0 fully saturated rings. The van der Waals surface area contributed by atoms with Crippen molar-refractivity contribution in [3.8, 4) is 5.75 Å². The number of nitrogens with one attached hydrogen (secondary N) is 1. The van der Waals surface area contributed by atoms with Gasteiger partial charge in [0.25, 0.3) is 0 Å². The molecule has 0 amide bonds. The maximum Gasteiger partial charge on any atom is 0.115 e. The SMILES string of the molecule is Oc1ccc2c(c1)C[C@H](NCc1ccccc1)CCC2. The van der Waals surface area contributed by atoms with Crippen molar-refractivity contribution in [3.63, 3.8) is 0 Å². The summed E-state index contributed by atoms with van der Waals surface area (Å²) in [5, 5.41) is 13.3. The lowest BCUT2D eigenvalue weighted by molar-refractivity contribution is 0.467. The molecular formula is C18H21NO. The molecule has 0 heterocycles. The van der Waals surface area contributed by atoms with Crippen LogP contribution in [0.4, 0.5) is 0 Å². The van der Waals surface area contributed by atoms with Gasteiger partial charge in [-0.25, -0.2) is 0 Å². The Morgan fingerprint density at radius 2 is 1.90 bits per heavy atom. The molecule has 2 heteroatoms. The Hall–Kier alpha value is -1.80. The molecule has 0 bridgehead atoms. The Bertz CT molecular complexity index is 565. The minimum absolute atomic E-state index is 0.382. The molecule has 1 aliphatic carbocycles. The minimum Gasteiger partial charge on any atom is -0.508 e. The van der Waals surface area contributed by atoms with Gasteiger partial charge in [-0.05, 0) is 54.5 Å². The van der Waals surface area contributed by atoms with E-state index in [2.05, 4.69) is 35.6 Å². The first-order valence-corrected chi connectivity index (χ1v) is 7.39. The highest BCUT2D eigenvalue weighted by atomic mass is 16.3. The zero-order valence-corrected chi connectivity index (χ0v) is 11.7.